The van der Waals surface area contributed by atoms with Crippen molar-refractivity contribution in [3.05, 3.63) is 11.4 Å². The molecule has 1 fully saturated rings. The molecule has 0 radical (unpaired) electrons. The topological polar surface area (TPSA) is 86.4 Å². The van der Waals surface area contributed by atoms with Crippen LogP contribution in [-0.4, -0.2) is 59.9 Å². The highest BCUT2D eigenvalue weighted by Crippen LogP contribution is 2.23. The van der Waals surface area contributed by atoms with E-state index in [2.05, 4.69) is 10.2 Å². The number of nitrogens with one attached hydrogen (secondary N) is 1. The van der Waals surface area contributed by atoms with Gasteiger partial charge in [0.2, 0.25) is 15.9 Å². The van der Waals surface area contributed by atoms with Crippen LogP contribution < -0.4 is 0 Å². The second-order valence-corrected chi connectivity index (χ2v) is 8.23. The minimum atomic E-state index is -3.58. The van der Waals surface area contributed by atoms with Crippen LogP contribution in [0, 0.1) is 19.8 Å². The smallest absolute Gasteiger partial charge is 0.246 e. The number of hydrogen-bond donors (Lipinski definition) is 1. The number of sulfonamides is 1. The van der Waals surface area contributed by atoms with Crippen LogP contribution >= 0.6 is 0 Å². The number of aromatic amines is 1. The van der Waals surface area contributed by atoms with Crippen molar-refractivity contribution >= 4 is 15.9 Å². The van der Waals surface area contributed by atoms with Crippen LogP contribution in [-0.2, 0) is 14.8 Å². The van der Waals surface area contributed by atoms with Gasteiger partial charge in [-0.05, 0) is 33.1 Å². The molecule has 0 aliphatic carbocycles. The summed E-state index contributed by atoms with van der Waals surface area (Å²) in [6.45, 7) is 9.27. The molecule has 0 unspecified atom stereocenters. The van der Waals surface area contributed by atoms with Gasteiger partial charge in [-0.25, -0.2) is 8.42 Å². The average molecular weight is 356 g/mol. The normalized spacial score (nSPS) is 17.3. The maximum Gasteiger partial charge on any atom is 0.246 e. The number of aryl methyl sites for hydroxylation is 2. The molecule has 1 amide bonds. The zero-order chi connectivity index (χ0) is 17.9. The third kappa shape index (κ3) is 3.64. The summed E-state index contributed by atoms with van der Waals surface area (Å²) in [6.07, 6.45) is 2.30. The molecule has 2 heterocycles. The van der Waals surface area contributed by atoms with E-state index in [4.69, 9.17) is 0 Å². The third-order valence-electron chi connectivity index (χ3n) is 4.76. The Labute approximate surface area is 144 Å². The van der Waals surface area contributed by atoms with Crippen LogP contribution in [0.4, 0.5) is 0 Å². The SMILES string of the molecule is CCC(CC)C(=O)N1CCCN(S(=O)(=O)c2c(C)n[nH]c2C)CC1. The summed E-state index contributed by atoms with van der Waals surface area (Å²) in [7, 11) is -3.58. The van der Waals surface area contributed by atoms with Gasteiger partial charge in [-0.15, -0.1) is 0 Å². The number of carbonyl (C=O) groups excluding carboxylic acids is 1. The van der Waals surface area contributed by atoms with Gasteiger partial charge >= 0.3 is 0 Å². The molecule has 1 aliphatic heterocycles. The first-order chi connectivity index (χ1) is 11.3. The number of aromatic nitrogens is 2. The third-order valence-corrected chi connectivity index (χ3v) is 6.92. The minimum Gasteiger partial charge on any atom is -0.341 e. The molecular weight excluding hydrogens is 328 g/mol. The summed E-state index contributed by atoms with van der Waals surface area (Å²) >= 11 is 0. The van der Waals surface area contributed by atoms with Crippen LogP contribution in [0.1, 0.15) is 44.5 Å². The van der Waals surface area contributed by atoms with Crippen molar-refractivity contribution in [2.75, 3.05) is 26.2 Å². The van der Waals surface area contributed by atoms with Crippen molar-refractivity contribution in [2.24, 2.45) is 5.92 Å². The molecule has 0 bridgehead atoms. The lowest BCUT2D eigenvalue weighted by molar-refractivity contribution is -0.135. The van der Waals surface area contributed by atoms with Gasteiger partial charge in [0, 0.05) is 32.1 Å². The molecule has 136 valence electrons. The Hall–Kier alpha value is -1.41. The Balaban J connectivity index is 2.15. The van der Waals surface area contributed by atoms with Gasteiger partial charge in [0.25, 0.3) is 0 Å². The summed E-state index contributed by atoms with van der Waals surface area (Å²) in [5.74, 6) is 0.182. The van der Waals surface area contributed by atoms with Gasteiger partial charge in [0.1, 0.15) is 4.90 Å². The van der Waals surface area contributed by atoms with Crippen molar-refractivity contribution in [1.29, 1.82) is 0 Å². The number of H-pyrrole nitrogens is 1. The Morgan fingerprint density at radius 3 is 2.38 bits per heavy atom. The van der Waals surface area contributed by atoms with Crippen molar-refractivity contribution in [3.8, 4) is 0 Å². The number of carbonyl (C=O) groups is 1. The first kappa shape index (κ1) is 18.9. The van der Waals surface area contributed by atoms with Crippen molar-refractivity contribution < 1.29 is 13.2 Å². The number of nitrogens with zero attached hydrogens (tertiary/aromatic N) is 3. The fraction of sp³-hybridized carbons (Fsp3) is 0.750. The molecule has 1 aromatic heterocycles. The fourth-order valence-electron chi connectivity index (χ4n) is 3.30. The molecule has 0 saturated carbocycles. The summed E-state index contributed by atoms with van der Waals surface area (Å²) in [4.78, 5) is 14.6. The van der Waals surface area contributed by atoms with Crippen molar-refractivity contribution in [1.82, 2.24) is 19.4 Å². The molecule has 0 aromatic carbocycles. The lowest BCUT2D eigenvalue weighted by Crippen LogP contribution is -2.40. The summed E-state index contributed by atoms with van der Waals surface area (Å²) in [5.41, 5.74) is 1.04. The van der Waals surface area contributed by atoms with E-state index < -0.39 is 10.0 Å². The second kappa shape index (κ2) is 7.65. The Kier molecular flexibility index (Phi) is 6.03. The maximum atomic E-state index is 12.9. The average Bonchev–Trinajstić information content (AvgIpc) is 2.76. The van der Waals surface area contributed by atoms with Crippen molar-refractivity contribution in [2.45, 2.75) is 51.9 Å². The van der Waals surface area contributed by atoms with Gasteiger partial charge in [0.15, 0.2) is 0 Å². The van der Waals surface area contributed by atoms with Gasteiger partial charge in [0.05, 0.1) is 11.4 Å². The molecule has 0 spiro atoms. The van der Waals surface area contributed by atoms with E-state index in [1.807, 2.05) is 18.7 Å². The first-order valence-electron chi connectivity index (χ1n) is 8.63. The highest BCUT2D eigenvalue weighted by molar-refractivity contribution is 7.89. The first-order valence-corrected chi connectivity index (χ1v) is 10.1. The predicted molar refractivity (Wildman–Crippen MR) is 92.1 cm³/mol. The number of amides is 1. The molecule has 8 heteroatoms. The van der Waals surface area contributed by atoms with E-state index in [0.29, 0.717) is 44.0 Å². The molecule has 0 atom stereocenters. The molecule has 24 heavy (non-hydrogen) atoms. The van der Waals surface area contributed by atoms with E-state index >= 15 is 0 Å². The molecular formula is C16H28N4O3S. The standard InChI is InChI=1S/C16H28N4O3S/c1-5-14(6-2)16(21)19-8-7-9-20(11-10-19)24(22,23)15-12(3)17-18-13(15)4/h14H,5-11H2,1-4H3,(H,17,18). The molecule has 1 saturated heterocycles. The van der Waals surface area contributed by atoms with Gasteiger partial charge < -0.3 is 4.90 Å². The van der Waals surface area contributed by atoms with Crippen LogP contribution in [0.5, 0.6) is 0 Å². The Bertz CT molecular complexity index is 660. The monoisotopic (exact) mass is 356 g/mol. The van der Waals surface area contributed by atoms with E-state index in [1.54, 1.807) is 13.8 Å². The lowest BCUT2D eigenvalue weighted by Gasteiger charge is -2.25. The Morgan fingerprint density at radius 2 is 1.83 bits per heavy atom. The molecule has 2 rings (SSSR count). The summed E-state index contributed by atoms with van der Waals surface area (Å²) in [6, 6.07) is 0. The van der Waals surface area contributed by atoms with Gasteiger partial charge in [-0.1, -0.05) is 13.8 Å². The van der Waals surface area contributed by atoms with E-state index in [1.165, 1.54) is 4.31 Å². The van der Waals surface area contributed by atoms with Crippen LogP contribution in [0.25, 0.3) is 0 Å². The maximum absolute atomic E-state index is 12.9. The highest BCUT2D eigenvalue weighted by Gasteiger charge is 2.32. The summed E-state index contributed by atoms with van der Waals surface area (Å²) < 4.78 is 27.3. The van der Waals surface area contributed by atoms with Crippen LogP contribution in [0.3, 0.4) is 0 Å². The lowest BCUT2D eigenvalue weighted by atomic mass is 10.0. The zero-order valence-electron chi connectivity index (χ0n) is 15.0. The quantitative estimate of drug-likeness (QED) is 0.870. The molecule has 7 nitrogen and oxygen atoms in total. The number of hydrogen-bond acceptors (Lipinski definition) is 4. The molecule has 1 aliphatic rings. The predicted octanol–water partition coefficient (Wildman–Crippen LogP) is 1.69. The van der Waals surface area contributed by atoms with Crippen LogP contribution in [0.2, 0.25) is 0 Å². The fourth-order valence-corrected chi connectivity index (χ4v) is 5.10. The van der Waals surface area contributed by atoms with E-state index in [-0.39, 0.29) is 16.7 Å². The largest absolute Gasteiger partial charge is 0.341 e. The van der Waals surface area contributed by atoms with Gasteiger partial charge in [-0.2, -0.15) is 9.40 Å². The Morgan fingerprint density at radius 1 is 1.17 bits per heavy atom. The van der Waals surface area contributed by atoms with Gasteiger partial charge in [-0.3, -0.25) is 9.89 Å². The minimum absolute atomic E-state index is 0.0338. The van der Waals surface area contributed by atoms with E-state index in [9.17, 15) is 13.2 Å². The van der Waals surface area contributed by atoms with Crippen LogP contribution in [0.15, 0.2) is 4.90 Å². The molecule has 1 N–H and O–H groups in total. The zero-order valence-corrected chi connectivity index (χ0v) is 15.8. The number of rotatable bonds is 5. The summed E-state index contributed by atoms with van der Waals surface area (Å²) in [5, 5.41) is 6.73. The van der Waals surface area contributed by atoms with E-state index in [0.717, 1.165) is 12.8 Å². The highest BCUT2D eigenvalue weighted by atomic mass is 32.2. The molecule has 1 aromatic rings. The second-order valence-electron chi connectivity index (χ2n) is 6.36. The van der Waals surface area contributed by atoms with Crippen molar-refractivity contribution in [3.63, 3.8) is 0 Å².